The number of ether oxygens (including phenoxy) is 2. The highest BCUT2D eigenvalue weighted by Gasteiger charge is 2.19. The molecule has 2 aromatic carbocycles. The molecule has 0 radical (unpaired) electrons. The maximum atomic E-state index is 13.2. The smallest absolute Gasteiger partial charge is 0.272 e. The van der Waals surface area contributed by atoms with Crippen LogP contribution in [0.2, 0.25) is 5.02 Å². The lowest BCUT2D eigenvalue weighted by Gasteiger charge is -2.24. The average Bonchev–Trinajstić information content (AvgIpc) is 3.15. The van der Waals surface area contributed by atoms with E-state index in [1.807, 2.05) is 24.3 Å². The van der Waals surface area contributed by atoms with E-state index >= 15 is 0 Å². The summed E-state index contributed by atoms with van der Waals surface area (Å²) in [4.78, 5) is 24.6. The van der Waals surface area contributed by atoms with Gasteiger partial charge in [0.25, 0.3) is 5.91 Å². The van der Waals surface area contributed by atoms with Crippen LogP contribution in [-0.2, 0) is 22.3 Å². The van der Waals surface area contributed by atoms with Crippen LogP contribution in [0.1, 0.15) is 27.9 Å². The number of fused-ring (bicyclic) bond motifs is 1. The Hall–Kier alpha value is -3.24. The van der Waals surface area contributed by atoms with Gasteiger partial charge in [0.1, 0.15) is 5.02 Å². The quantitative estimate of drug-likeness (QED) is 0.258. The fourth-order valence-corrected chi connectivity index (χ4v) is 4.50. The number of methoxy groups -OCH3 is 2. The second-order valence-electron chi connectivity index (χ2n) is 9.11. The lowest BCUT2D eigenvalue weighted by molar-refractivity contribution is 0.0776. The molecule has 1 aliphatic rings. The van der Waals surface area contributed by atoms with E-state index in [0.717, 1.165) is 44.8 Å². The zero-order valence-electron chi connectivity index (χ0n) is 22.0. The molecule has 0 fully saturated rings. The molecule has 10 heteroatoms. The third kappa shape index (κ3) is 7.64. The number of hydrogen-bond acceptors (Lipinski definition) is 8. The van der Waals surface area contributed by atoms with Gasteiger partial charge in [0.2, 0.25) is 5.95 Å². The molecule has 1 aromatic heterocycles. The van der Waals surface area contributed by atoms with Crippen molar-refractivity contribution in [3.63, 3.8) is 0 Å². The minimum Gasteiger partial charge on any atom is -0.385 e. The highest BCUT2D eigenvalue weighted by molar-refractivity contribution is 6.32. The summed E-state index contributed by atoms with van der Waals surface area (Å²) in [5, 5.41) is 5.11. The molecule has 0 saturated carbocycles. The number of hydrogen-bond donors (Lipinski definition) is 2. The van der Waals surface area contributed by atoms with Gasteiger partial charge in [0.15, 0.2) is 5.82 Å². The summed E-state index contributed by atoms with van der Waals surface area (Å²) in [6, 6.07) is 15.5. The standard InChI is InChI=1S/C28H35ClN6O3/c1-37-17-6-13-35(27(36)22-7-4-3-5-8-22)33-26-25(29)20-30-28(32-26)31-24-10-9-21-11-14-34(16-18-38-2)15-12-23(21)19-24/h3-5,7-10,19-20H,6,11-18H2,1-2H3,(H2,30,31,32,33). The molecule has 0 unspecified atom stereocenters. The largest absolute Gasteiger partial charge is 0.385 e. The van der Waals surface area contributed by atoms with Crippen molar-refractivity contribution in [1.29, 1.82) is 0 Å². The number of nitrogens with zero attached hydrogens (tertiary/aromatic N) is 4. The van der Waals surface area contributed by atoms with Crippen LogP contribution in [0, 0.1) is 0 Å². The van der Waals surface area contributed by atoms with E-state index in [2.05, 4.69) is 37.7 Å². The van der Waals surface area contributed by atoms with Crippen molar-refractivity contribution in [2.45, 2.75) is 19.3 Å². The Labute approximate surface area is 229 Å². The van der Waals surface area contributed by atoms with Gasteiger partial charge in [-0.25, -0.2) is 4.98 Å². The first-order chi connectivity index (χ1) is 18.6. The number of amides is 1. The van der Waals surface area contributed by atoms with Gasteiger partial charge in [-0.3, -0.25) is 15.2 Å². The van der Waals surface area contributed by atoms with Crippen LogP contribution in [-0.4, -0.2) is 79.4 Å². The molecule has 9 nitrogen and oxygen atoms in total. The van der Waals surface area contributed by atoms with E-state index in [0.29, 0.717) is 41.9 Å². The van der Waals surface area contributed by atoms with Crippen molar-refractivity contribution in [3.05, 3.63) is 76.4 Å². The molecule has 0 bridgehead atoms. The monoisotopic (exact) mass is 538 g/mol. The average molecular weight is 539 g/mol. The zero-order valence-corrected chi connectivity index (χ0v) is 22.7. The third-order valence-electron chi connectivity index (χ3n) is 6.45. The first-order valence-electron chi connectivity index (χ1n) is 12.8. The van der Waals surface area contributed by atoms with Crippen LogP contribution in [0.25, 0.3) is 0 Å². The Balaban J connectivity index is 1.47. The highest BCUT2D eigenvalue weighted by Crippen LogP contribution is 2.25. The number of hydrazine groups is 1. The summed E-state index contributed by atoms with van der Waals surface area (Å²) in [5.74, 6) is 0.543. The summed E-state index contributed by atoms with van der Waals surface area (Å²) >= 11 is 6.43. The van der Waals surface area contributed by atoms with Crippen molar-refractivity contribution in [2.24, 2.45) is 0 Å². The number of benzene rings is 2. The van der Waals surface area contributed by atoms with Gasteiger partial charge >= 0.3 is 0 Å². The van der Waals surface area contributed by atoms with Crippen molar-refractivity contribution >= 4 is 35.0 Å². The minimum absolute atomic E-state index is 0.184. The predicted octanol–water partition coefficient (Wildman–Crippen LogP) is 4.43. The van der Waals surface area contributed by atoms with Gasteiger partial charge in [-0.1, -0.05) is 35.9 Å². The Morgan fingerprint density at radius 1 is 1.05 bits per heavy atom. The normalized spacial score (nSPS) is 13.4. The lowest BCUT2D eigenvalue weighted by Crippen LogP contribution is -2.38. The lowest BCUT2D eigenvalue weighted by atomic mass is 10.0. The van der Waals surface area contributed by atoms with Crippen molar-refractivity contribution in [2.75, 3.05) is 64.4 Å². The number of aromatic nitrogens is 2. The molecule has 0 aliphatic carbocycles. The number of rotatable bonds is 12. The maximum Gasteiger partial charge on any atom is 0.272 e. The summed E-state index contributed by atoms with van der Waals surface area (Å²) in [6.07, 6.45) is 4.16. The first-order valence-corrected chi connectivity index (χ1v) is 13.2. The van der Waals surface area contributed by atoms with Gasteiger partial charge in [0.05, 0.1) is 12.8 Å². The summed E-state index contributed by atoms with van der Waals surface area (Å²) in [5.41, 5.74) is 7.25. The van der Waals surface area contributed by atoms with Crippen molar-refractivity contribution in [1.82, 2.24) is 19.9 Å². The van der Waals surface area contributed by atoms with Crippen LogP contribution >= 0.6 is 11.6 Å². The van der Waals surface area contributed by atoms with E-state index in [4.69, 9.17) is 21.1 Å². The minimum atomic E-state index is -0.184. The highest BCUT2D eigenvalue weighted by atomic mass is 35.5. The molecule has 38 heavy (non-hydrogen) atoms. The van der Waals surface area contributed by atoms with Gasteiger partial charge in [0, 0.05) is 58.3 Å². The molecule has 202 valence electrons. The van der Waals surface area contributed by atoms with Crippen LogP contribution in [0.4, 0.5) is 17.5 Å². The third-order valence-corrected chi connectivity index (χ3v) is 6.73. The molecule has 3 aromatic rings. The second-order valence-corrected chi connectivity index (χ2v) is 9.52. The number of carbonyl (C=O) groups is 1. The molecule has 1 aliphatic heterocycles. The molecular formula is C28H35ClN6O3. The van der Waals surface area contributed by atoms with E-state index in [-0.39, 0.29) is 5.91 Å². The van der Waals surface area contributed by atoms with E-state index in [9.17, 15) is 4.79 Å². The van der Waals surface area contributed by atoms with Gasteiger partial charge in [-0.05, 0) is 54.7 Å². The van der Waals surface area contributed by atoms with Crippen LogP contribution < -0.4 is 10.7 Å². The Kier molecular flexibility index (Phi) is 10.3. The molecule has 0 atom stereocenters. The zero-order chi connectivity index (χ0) is 26.7. The molecule has 0 spiro atoms. The summed E-state index contributed by atoms with van der Waals surface area (Å²) in [7, 11) is 3.38. The Morgan fingerprint density at radius 2 is 1.82 bits per heavy atom. The van der Waals surface area contributed by atoms with Crippen molar-refractivity contribution < 1.29 is 14.3 Å². The topological polar surface area (TPSA) is 91.8 Å². The van der Waals surface area contributed by atoms with E-state index in [1.165, 1.54) is 22.3 Å². The molecule has 2 N–H and O–H groups in total. The molecule has 0 saturated heterocycles. The fourth-order valence-electron chi connectivity index (χ4n) is 4.37. The Bertz CT molecular complexity index is 1200. The van der Waals surface area contributed by atoms with Crippen molar-refractivity contribution in [3.8, 4) is 0 Å². The van der Waals surface area contributed by atoms with Gasteiger partial charge in [-0.2, -0.15) is 4.98 Å². The summed E-state index contributed by atoms with van der Waals surface area (Å²) < 4.78 is 10.4. The number of nitrogens with one attached hydrogen (secondary N) is 2. The van der Waals surface area contributed by atoms with Crippen LogP contribution in [0.15, 0.2) is 54.7 Å². The number of halogens is 1. The predicted molar refractivity (Wildman–Crippen MR) is 150 cm³/mol. The van der Waals surface area contributed by atoms with Gasteiger partial charge in [-0.15, -0.1) is 0 Å². The second kappa shape index (κ2) is 14.1. The van der Waals surface area contributed by atoms with E-state index < -0.39 is 0 Å². The molecular weight excluding hydrogens is 504 g/mol. The van der Waals surface area contributed by atoms with E-state index in [1.54, 1.807) is 26.4 Å². The fraction of sp³-hybridized carbons (Fsp3) is 0.393. The molecule has 2 heterocycles. The first kappa shape index (κ1) is 27.8. The van der Waals surface area contributed by atoms with Crippen LogP contribution in [0.3, 0.4) is 0 Å². The number of anilines is 3. The SMILES string of the molecule is COCCCN(Nc1nc(Nc2ccc3c(c2)CCN(CCOC)CC3)ncc1Cl)C(=O)c1ccccc1. The maximum absolute atomic E-state index is 13.2. The molecule has 1 amide bonds. The van der Waals surface area contributed by atoms with Crippen LogP contribution in [0.5, 0.6) is 0 Å². The number of carbonyl (C=O) groups excluding carboxylic acids is 1. The summed E-state index contributed by atoms with van der Waals surface area (Å²) in [6.45, 7) is 4.65. The molecule has 4 rings (SSSR count). The Morgan fingerprint density at radius 3 is 2.58 bits per heavy atom. The van der Waals surface area contributed by atoms with Gasteiger partial charge < -0.3 is 19.7 Å².